The molecule has 6 aromatic carbocycles. The molecule has 0 saturated heterocycles. The van der Waals surface area contributed by atoms with Crippen LogP contribution >= 0.6 is 23.1 Å². The van der Waals surface area contributed by atoms with E-state index in [1.54, 1.807) is 0 Å². The second kappa shape index (κ2) is 7.45. The van der Waals surface area contributed by atoms with Crippen molar-refractivity contribution in [1.29, 1.82) is 0 Å². The van der Waals surface area contributed by atoms with Crippen LogP contribution < -0.4 is 0 Å². The molecule has 0 fully saturated rings. The Labute approximate surface area is 211 Å². The van der Waals surface area contributed by atoms with Gasteiger partial charge in [0.25, 0.3) is 0 Å². The minimum absolute atomic E-state index is 0.188. The third-order valence-electron chi connectivity index (χ3n) is 7.39. The quantitative estimate of drug-likeness (QED) is 0.225. The third-order valence-corrected chi connectivity index (χ3v) is 9.68. The van der Waals surface area contributed by atoms with Gasteiger partial charge in [-0.25, -0.2) is 0 Å². The third kappa shape index (κ3) is 2.87. The Hall–Kier alpha value is -3.59. The standard InChI is InChI=1S/C33H20S2/c1-3-9-23-20(7-1)14-17-28-32(23)31(33-24-10-4-2-8-21(24)15-18-29(33)35-28)22-13-16-26-25-11-5-6-12-27(25)34-30(26)19-22/h1-19,31H. The maximum absolute atomic E-state index is 2.46. The highest BCUT2D eigenvalue weighted by molar-refractivity contribution is 7.99. The van der Waals surface area contributed by atoms with Crippen molar-refractivity contribution in [2.45, 2.75) is 15.7 Å². The van der Waals surface area contributed by atoms with Crippen LogP contribution in [0.5, 0.6) is 0 Å². The molecular weight excluding hydrogens is 460 g/mol. The average molecular weight is 481 g/mol. The summed E-state index contributed by atoms with van der Waals surface area (Å²) in [7, 11) is 0. The summed E-state index contributed by atoms with van der Waals surface area (Å²) in [6.45, 7) is 0. The van der Waals surface area contributed by atoms with Crippen LogP contribution in [0.15, 0.2) is 125 Å². The van der Waals surface area contributed by atoms with E-state index in [9.17, 15) is 0 Å². The molecule has 0 radical (unpaired) electrons. The van der Waals surface area contributed by atoms with Gasteiger partial charge in [-0.15, -0.1) is 11.3 Å². The number of thiophene rings is 1. The van der Waals surface area contributed by atoms with Gasteiger partial charge >= 0.3 is 0 Å². The number of hydrogen-bond acceptors (Lipinski definition) is 2. The molecule has 8 rings (SSSR count). The number of rotatable bonds is 1. The molecule has 35 heavy (non-hydrogen) atoms. The fourth-order valence-corrected chi connectivity index (χ4v) is 8.18. The molecule has 0 amide bonds. The fraction of sp³-hybridized carbons (Fsp3) is 0.0303. The largest absolute Gasteiger partial charge is 0.135 e. The Bertz CT molecular complexity index is 1860. The molecule has 0 N–H and O–H groups in total. The van der Waals surface area contributed by atoms with E-state index in [1.165, 1.54) is 68.2 Å². The van der Waals surface area contributed by atoms with E-state index in [0.717, 1.165) is 0 Å². The van der Waals surface area contributed by atoms with Crippen LogP contribution in [0.3, 0.4) is 0 Å². The van der Waals surface area contributed by atoms with E-state index >= 15 is 0 Å². The Morgan fingerprint density at radius 1 is 0.457 bits per heavy atom. The first kappa shape index (κ1) is 19.7. The van der Waals surface area contributed by atoms with E-state index in [4.69, 9.17) is 0 Å². The molecule has 1 aromatic heterocycles. The molecule has 0 nitrogen and oxygen atoms in total. The second-order valence-electron chi connectivity index (χ2n) is 9.29. The predicted molar refractivity (Wildman–Crippen MR) is 152 cm³/mol. The Morgan fingerprint density at radius 3 is 1.71 bits per heavy atom. The van der Waals surface area contributed by atoms with Gasteiger partial charge in [0, 0.05) is 35.9 Å². The summed E-state index contributed by atoms with van der Waals surface area (Å²) in [5.74, 6) is 0.188. The lowest BCUT2D eigenvalue weighted by Crippen LogP contribution is -2.11. The first-order valence-electron chi connectivity index (χ1n) is 12.0. The summed E-state index contributed by atoms with van der Waals surface area (Å²) in [6.07, 6.45) is 0. The molecule has 2 heteroatoms. The van der Waals surface area contributed by atoms with E-state index < -0.39 is 0 Å². The van der Waals surface area contributed by atoms with Gasteiger partial charge in [-0.1, -0.05) is 103 Å². The van der Waals surface area contributed by atoms with Crippen molar-refractivity contribution in [2.75, 3.05) is 0 Å². The monoisotopic (exact) mass is 480 g/mol. The van der Waals surface area contributed by atoms with Crippen LogP contribution in [-0.4, -0.2) is 0 Å². The topological polar surface area (TPSA) is 0 Å². The second-order valence-corrected chi connectivity index (χ2v) is 11.5. The molecule has 1 aliphatic rings. The molecule has 0 saturated carbocycles. The zero-order valence-electron chi connectivity index (χ0n) is 18.9. The van der Waals surface area contributed by atoms with Crippen molar-refractivity contribution in [1.82, 2.24) is 0 Å². The van der Waals surface area contributed by atoms with Gasteiger partial charge in [0.15, 0.2) is 0 Å². The molecule has 164 valence electrons. The predicted octanol–water partition coefficient (Wildman–Crippen LogP) is 10.0. The summed E-state index contributed by atoms with van der Waals surface area (Å²) >= 11 is 3.83. The van der Waals surface area contributed by atoms with Crippen LogP contribution in [0, 0.1) is 0 Å². The van der Waals surface area contributed by atoms with Gasteiger partial charge in [0.05, 0.1) is 0 Å². The van der Waals surface area contributed by atoms with Crippen LogP contribution in [0.2, 0.25) is 0 Å². The number of benzene rings is 6. The van der Waals surface area contributed by atoms with Crippen molar-refractivity contribution in [2.24, 2.45) is 0 Å². The highest BCUT2D eigenvalue weighted by Crippen LogP contribution is 2.53. The minimum Gasteiger partial charge on any atom is -0.135 e. The van der Waals surface area contributed by atoms with Gasteiger partial charge in [-0.3, -0.25) is 0 Å². The van der Waals surface area contributed by atoms with E-state index in [0.29, 0.717) is 0 Å². The molecule has 1 aliphatic heterocycles. The van der Waals surface area contributed by atoms with Crippen molar-refractivity contribution < 1.29 is 0 Å². The van der Waals surface area contributed by atoms with Gasteiger partial charge in [0.1, 0.15) is 0 Å². The lowest BCUT2D eigenvalue weighted by atomic mass is 9.80. The smallest absolute Gasteiger partial charge is 0.0375 e. The van der Waals surface area contributed by atoms with E-state index in [-0.39, 0.29) is 5.92 Å². The lowest BCUT2D eigenvalue weighted by Gasteiger charge is -2.31. The van der Waals surface area contributed by atoms with Crippen LogP contribution in [0.25, 0.3) is 41.7 Å². The normalized spacial score (nSPS) is 13.5. The van der Waals surface area contributed by atoms with Gasteiger partial charge in [-0.05, 0) is 62.5 Å². The highest BCUT2D eigenvalue weighted by Gasteiger charge is 2.31. The zero-order valence-corrected chi connectivity index (χ0v) is 20.5. The summed E-state index contributed by atoms with van der Waals surface area (Å²) in [5, 5.41) is 8.05. The maximum atomic E-state index is 2.46. The van der Waals surface area contributed by atoms with Crippen molar-refractivity contribution >= 4 is 64.8 Å². The molecule has 7 aromatic rings. The molecular formula is C33H20S2. The van der Waals surface area contributed by atoms with Crippen molar-refractivity contribution in [3.63, 3.8) is 0 Å². The van der Waals surface area contributed by atoms with E-state index in [1.807, 2.05) is 23.1 Å². The van der Waals surface area contributed by atoms with Gasteiger partial charge < -0.3 is 0 Å². The molecule has 2 heterocycles. The summed E-state index contributed by atoms with van der Waals surface area (Å²) in [6, 6.07) is 42.9. The highest BCUT2D eigenvalue weighted by atomic mass is 32.2. The first-order chi connectivity index (χ1) is 17.3. The molecule has 0 spiro atoms. The molecule has 0 aliphatic carbocycles. The molecule has 0 unspecified atom stereocenters. The summed E-state index contributed by atoms with van der Waals surface area (Å²) in [5.41, 5.74) is 4.26. The lowest BCUT2D eigenvalue weighted by molar-refractivity contribution is 0.928. The Morgan fingerprint density at radius 2 is 1.03 bits per heavy atom. The van der Waals surface area contributed by atoms with Gasteiger partial charge in [-0.2, -0.15) is 0 Å². The zero-order chi connectivity index (χ0) is 22.9. The van der Waals surface area contributed by atoms with Crippen LogP contribution in [0.1, 0.15) is 22.6 Å². The van der Waals surface area contributed by atoms with E-state index in [2.05, 4.69) is 115 Å². The number of hydrogen-bond donors (Lipinski definition) is 0. The van der Waals surface area contributed by atoms with Crippen LogP contribution in [-0.2, 0) is 0 Å². The summed E-state index contributed by atoms with van der Waals surface area (Å²) < 4.78 is 2.72. The number of fused-ring (bicyclic) bond motifs is 9. The fourth-order valence-electron chi connectivity index (χ4n) is 5.84. The minimum atomic E-state index is 0.188. The molecule has 0 bridgehead atoms. The Kier molecular flexibility index (Phi) is 4.19. The average Bonchev–Trinajstić information content (AvgIpc) is 3.29. The van der Waals surface area contributed by atoms with Crippen LogP contribution in [0.4, 0.5) is 0 Å². The van der Waals surface area contributed by atoms with Crippen molar-refractivity contribution in [3.05, 3.63) is 132 Å². The Balaban J connectivity index is 1.49. The maximum Gasteiger partial charge on any atom is 0.0375 e. The SMILES string of the molecule is c1ccc2c3c(ccc2c1)Sc1ccc2ccccc2c1C3c1ccc2c(c1)sc1ccccc12. The van der Waals surface area contributed by atoms with Crippen molar-refractivity contribution in [3.8, 4) is 0 Å². The first-order valence-corrected chi connectivity index (χ1v) is 13.6. The molecule has 0 atom stereocenters. The van der Waals surface area contributed by atoms with Gasteiger partial charge in [0.2, 0.25) is 0 Å². The summed E-state index contributed by atoms with van der Waals surface area (Å²) in [4.78, 5) is 2.74.